The summed E-state index contributed by atoms with van der Waals surface area (Å²) in [7, 11) is 0. The molecule has 0 bridgehead atoms. The van der Waals surface area contributed by atoms with Crippen LogP contribution in [0, 0.1) is 15.9 Å². The Bertz CT molecular complexity index is 1180. The van der Waals surface area contributed by atoms with Crippen molar-refractivity contribution < 1.29 is 18.8 Å². The minimum atomic E-state index is -0.571. The van der Waals surface area contributed by atoms with Gasteiger partial charge in [0.2, 0.25) is 0 Å². The lowest BCUT2D eigenvalue weighted by atomic mass is 10.1. The van der Waals surface area contributed by atoms with Gasteiger partial charge in [-0.2, -0.15) is 0 Å². The van der Waals surface area contributed by atoms with Crippen LogP contribution in [0.4, 0.5) is 21.5 Å². The number of nitro groups is 1. The number of rotatable bonds is 6. The molecule has 1 amide bonds. The Morgan fingerprint density at radius 1 is 1.06 bits per heavy atom. The first kappa shape index (κ1) is 21.6. The highest BCUT2D eigenvalue weighted by molar-refractivity contribution is 6.30. The van der Waals surface area contributed by atoms with E-state index in [1.165, 1.54) is 36.4 Å². The van der Waals surface area contributed by atoms with E-state index in [1.807, 2.05) is 4.90 Å². The fraction of sp³-hybridized carbons (Fsp3) is 0.174. The Labute approximate surface area is 188 Å². The van der Waals surface area contributed by atoms with E-state index >= 15 is 0 Å². The lowest BCUT2D eigenvalue weighted by Crippen LogP contribution is -2.20. The molecule has 1 heterocycles. The molecule has 1 fully saturated rings. The third kappa shape index (κ3) is 4.65. The summed E-state index contributed by atoms with van der Waals surface area (Å²) in [6, 6.07) is 14.7. The summed E-state index contributed by atoms with van der Waals surface area (Å²) in [6.45, 7) is 1.49. The number of amides is 1. The summed E-state index contributed by atoms with van der Waals surface area (Å²) in [5.74, 6) is -1.03. The second kappa shape index (κ2) is 9.23. The molecule has 32 heavy (non-hydrogen) atoms. The van der Waals surface area contributed by atoms with Gasteiger partial charge in [-0.05, 0) is 49.2 Å². The molecule has 0 atom stereocenters. The van der Waals surface area contributed by atoms with Crippen molar-refractivity contribution in [1.29, 1.82) is 0 Å². The molecular formula is C23H19ClFN3O4. The number of para-hydroxylation sites is 1. The average molecular weight is 456 g/mol. The first-order valence-corrected chi connectivity index (χ1v) is 10.4. The first-order valence-electron chi connectivity index (χ1n) is 9.99. The lowest BCUT2D eigenvalue weighted by Gasteiger charge is -2.18. The SMILES string of the molecule is O=C(Nc1ccc(Cl)cc1Oc1ccccc1F)c1ccc(N2CCCC2)c([N+](=O)[O-])c1. The molecule has 0 spiro atoms. The predicted octanol–water partition coefficient (Wildman–Crippen LogP) is 6.03. The summed E-state index contributed by atoms with van der Waals surface area (Å²) in [4.78, 5) is 25.9. The van der Waals surface area contributed by atoms with E-state index < -0.39 is 16.6 Å². The van der Waals surface area contributed by atoms with E-state index in [-0.39, 0.29) is 28.4 Å². The fourth-order valence-electron chi connectivity index (χ4n) is 3.56. The molecule has 1 saturated heterocycles. The average Bonchev–Trinajstić information content (AvgIpc) is 3.31. The van der Waals surface area contributed by atoms with Crippen molar-refractivity contribution in [2.24, 2.45) is 0 Å². The monoisotopic (exact) mass is 455 g/mol. The van der Waals surface area contributed by atoms with Gasteiger partial charge in [-0.3, -0.25) is 14.9 Å². The topological polar surface area (TPSA) is 84.7 Å². The summed E-state index contributed by atoms with van der Waals surface area (Å²) >= 11 is 6.05. The van der Waals surface area contributed by atoms with Crippen LogP contribution in [0.1, 0.15) is 23.2 Å². The standard InChI is InChI=1S/C23H19ClFN3O4/c24-16-8-9-18(22(14-16)32-21-6-2-1-5-17(21)25)26-23(29)15-7-10-19(20(13-15)28(30)31)27-11-3-4-12-27/h1-2,5-10,13-14H,3-4,11-12H2,(H,26,29). The summed E-state index contributed by atoms with van der Waals surface area (Å²) in [6.07, 6.45) is 1.95. The molecule has 1 aliphatic rings. The zero-order chi connectivity index (χ0) is 22.7. The second-order valence-electron chi connectivity index (χ2n) is 7.28. The van der Waals surface area contributed by atoms with Gasteiger partial charge in [-0.1, -0.05) is 23.7 Å². The maximum Gasteiger partial charge on any atom is 0.293 e. The summed E-state index contributed by atoms with van der Waals surface area (Å²) in [5.41, 5.74) is 0.734. The number of nitrogens with zero attached hydrogens (tertiary/aromatic N) is 2. The van der Waals surface area contributed by atoms with Crippen LogP contribution < -0.4 is 15.0 Å². The van der Waals surface area contributed by atoms with Crippen molar-refractivity contribution >= 4 is 34.6 Å². The van der Waals surface area contributed by atoms with Crippen molar-refractivity contribution in [1.82, 2.24) is 0 Å². The molecule has 7 nitrogen and oxygen atoms in total. The van der Waals surface area contributed by atoms with Gasteiger partial charge in [0.15, 0.2) is 17.3 Å². The highest BCUT2D eigenvalue weighted by Crippen LogP contribution is 2.35. The van der Waals surface area contributed by atoms with Gasteiger partial charge in [0.05, 0.1) is 10.6 Å². The molecule has 0 saturated carbocycles. The number of ether oxygens (including phenoxy) is 1. The van der Waals surface area contributed by atoms with Crippen LogP contribution in [-0.2, 0) is 0 Å². The van der Waals surface area contributed by atoms with Gasteiger partial charge >= 0.3 is 0 Å². The summed E-state index contributed by atoms with van der Waals surface area (Å²) < 4.78 is 19.6. The number of hydrogen-bond acceptors (Lipinski definition) is 5. The quantitative estimate of drug-likeness (QED) is 0.362. The van der Waals surface area contributed by atoms with Crippen LogP contribution in [0.25, 0.3) is 0 Å². The maximum absolute atomic E-state index is 14.0. The molecule has 3 aromatic rings. The molecule has 9 heteroatoms. The first-order chi connectivity index (χ1) is 15.4. The van der Waals surface area contributed by atoms with E-state index in [0.717, 1.165) is 25.9 Å². The van der Waals surface area contributed by atoms with Gasteiger partial charge in [-0.15, -0.1) is 0 Å². The third-order valence-electron chi connectivity index (χ3n) is 5.13. The normalized spacial score (nSPS) is 13.1. The number of benzene rings is 3. The van der Waals surface area contributed by atoms with E-state index in [0.29, 0.717) is 10.7 Å². The van der Waals surface area contributed by atoms with Crippen molar-refractivity contribution in [3.63, 3.8) is 0 Å². The van der Waals surface area contributed by atoms with E-state index in [4.69, 9.17) is 16.3 Å². The van der Waals surface area contributed by atoms with Crippen LogP contribution in [0.5, 0.6) is 11.5 Å². The second-order valence-corrected chi connectivity index (χ2v) is 7.72. The Hall–Kier alpha value is -3.65. The van der Waals surface area contributed by atoms with Crippen LogP contribution in [0.2, 0.25) is 5.02 Å². The molecule has 0 unspecified atom stereocenters. The van der Waals surface area contributed by atoms with Crippen molar-refractivity contribution in [2.75, 3.05) is 23.3 Å². The van der Waals surface area contributed by atoms with Crippen molar-refractivity contribution in [2.45, 2.75) is 12.8 Å². The number of carbonyl (C=O) groups is 1. The molecule has 4 rings (SSSR count). The smallest absolute Gasteiger partial charge is 0.293 e. The lowest BCUT2D eigenvalue weighted by molar-refractivity contribution is -0.384. The number of nitrogens with one attached hydrogen (secondary N) is 1. The van der Waals surface area contributed by atoms with Gasteiger partial charge in [0, 0.05) is 35.8 Å². The highest BCUT2D eigenvalue weighted by atomic mass is 35.5. The number of halogens is 2. The van der Waals surface area contributed by atoms with Gasteiger partial charge in [0.1, 0.15) is 5.69 Å². The molecule has 1 N–H and O–H groups in total. The van der Waals surface area contributed by atoms with Gasteiger partial charge in [0.25, 0.3) is 11.6 Å². The minimum absolute atomic E-state index is 0.0316. The van der Waals surface area contributed by atoms with Crippen LogP contribution >= 0.6 is 11.6 Å². The Balaban J connectivity index is 1.61. The molecule has 0 aliphatic carbocycles. The molecule has 164 valence electrons. The number of carbonyl (C=O) groups excluding carboxylic acids is 1. The fourth-order valence-corrected chi connectivity index (χ4v) is 3.72. The predicted molar refractivity (Wildman–Crippen MR) is 120 cm³/mol. The van der Waals surface area contributed by atoms with E-state index in [9.17, 15) is 19.3 Å². The van der Waals surface area contributed by atoms with Crippen LogP contribution in [-0.4, -0.2) is 23.9 Å². The highest BCUT2D eigenvalue weighted by Gasteiger charge is 2.24. The zero-order valence-electron chi connectivity index (χ0n) is 16.9. The maximum atomic E-state index is 14.0. The molecule has 3 aromatic carbocycles. The van der Waals surface area contributed by atoms with Gasteiger partial charge in [-0.25, -0.2) is 4.39 Å². The third-order valence-corrected chi connectivity index (χ3v) is 5.36. The van der Waals surface area contributed by atoms with Crippen molar-refractivity contribution in [3.8, 4) is 11.5 Å². The Kier molecular flexibility index (Phi) is 6.23. The Morgan fingerprint density at radius 2 is 1.81 bits per heavy atom. The van der Waals surface area contributed by atoms with E-state index in [1.54, 1.807) is 24.3 Å². The largest absolute Gasteiger partial charge is 0.452 e. The molecule has 1 aliphatic heterocycles. The molecule has 0 radical (unpaired) electrons. The van der Waals surface area contributed by atoms with Crippen molar-refractivity contribution in [3.05, 3.63) is 87.2 Å². The van der Waals surface area contributed by atoms with Gasteiger partial charge < -0.3 is 15.0 Å². The Morgan fingerprint density at radius 3 is 2.53 bits per heavy atom. The molecular weight excluding hydrogens is 437 g/mol. The number of anilines is 2. The summed E-state index contributed by atoms with van der Waals surface area (Å²) in [5, 5.41) is 14.6. The number of nitro benzene ring substituents is 1. The minimum Gasteiger partial charge on any atom is -0.452 e. The molecule has 0 aromatic heterocycles. The van der Waals surface area contributed by atoms with Crippen LogP contribution in [0.3, 0.4) is 0 Å². The van der Waals surface area contributed by atoms with Crippen LogP contribution in [0.15, 0.2) is 60.7 Å². The van der Waals surface area contributed by atoms with E-state index in [2.05, 4.69) is 5.32 Å². The zero-order valence-corrected chi connectivity index (χ0v) is 17.6. The number of hydrogen-bond donors (Lipinski definition) is 1.